The van der Waals surface area contributed by atoms with Crippen molar-refractivity contribution >= 4 is 44.5 Å². The third kappa shape index (κ3) is 7.57. The highest BCUT2D eigenvalue weighted by Gasteiger charge is 2.54. The molecule has 2 amide bonds. The van der Waals surface area contributed by atoms with Crippen LogP contribution in [0.3, 0.4) is 0 Å². The number of aliphatic carboxylic acids is 2. The van der Waals surface area contributed by atoms with Gasteiger partial charge in [0.05, 0.1) is 22.6 Å². The van der Waals surface area contributed by atoms with Crippen LogP contribution in [-0.4, -0.2) is 111 Å². The van der Waals surface area contributed by atoms with Gasteiger partial charge in [-0.1, -0.05) is 50.1 Å². The maximum absolute atomic E-state index is 13.8. The van der Waals surface area contributed by atoms with Crippen molar-refractivity contribution in [2.45, 2.75) is 75.0 Å². The molecule has 250 valence electrons. The molecule has 2 unspecified atom stereocenters. The van der Waals surface area contributed by atoms with E-state index in [1.807, 2.05) is 31.2 Å². The normalized spacial score (nSPS) is 21.3. The molecule has 0 radical (unpaired) electrons. The predicted octanol–water partition coefficient (Wildman–Crippen LogP) is 2.03. The van der Waals surface area contributed by atoms with Gasteiger partial charge in [0, 0.05) is 13.0 Å². The number of carboxylic acids is 2. The number of benzene rings is 2. The molecule has 3 aliphatic heterocycles. The Morgan fingerprint density at radius 3 is 2.17 bits per heavy atom. The molecule has 5 rings (SSSR count). The highest BCUT2D eigenvalue weighted by atomic mass is 32.2. The summed E-state index contributed by atoms with van der Waals surface area (Å²) in [6.45, 7) is 5.43. The van der Waals surface area contributed by atoms with Crippen molar-refractivity contribution in [3.63, 3.8) is 0 Å². The number of carboxylic acid groups (broad SMARTS) is 2. The molecule has 46 heavy (non-hydrogen) atoms. The second-order valence-electron chi connectivity index (χ2n) is 11.7. The molecular weight excluding hydrogens is 618 g/mol. The number of hydrogen-bond acceptors (Lipinski definition) is 9. The third-order valence-corrected chi connectivity index (χ3v) is 10.3. The maximum atomic E-state index is 13.8. The molecule has 0 aliphatic carbocycles. The lowest BCUT2D eigenvalue weighted by atomic mass is 9.96. The van der Waals surface area contributed by atoms with Crippen LogP contribution in [0.15, 0.2) is 59.1 Å². The summed E-state index contributed by atoms with van der Waals surface area (Å²) in [6.07, 6.45) is 3.43. The van der Waals surface area contributed by atoms with E-state index in [1.165, 1.54) is 19.3 Å². The standard InChI is InChI=1S/C28H35N3O4S.C4H6O6/c1-2-9-24-27-25(15-19-30(27)26(32)12-8-18-29-16-6-3-7-17-29)31(28(24)33)36(34,35)23-14-13-21-10-4-5-11-22(21)20-23;5-1(3(7)8)2(6)4(9)10/h4-5,10-11,13-15,20,24,27H,2-3,6-9,12,16-19H2,1H3;1-2,5-6H,(H,7,8)(H,9,10)/t24-,27-;/m1./s1. The van der Waals surface area contributed by atoms with Gasteiger partial charge in [-0.05, 0) is 74.3 Å². The lowest BCUT2D eigenvalue weighted by Gasteiger charge is -2.28. The maximum Gasteiger partial charge on any atom is 0.335 e. The first-order valence-corrected chi connectivity index (χ1v) is 16.9. The number of nitrogens with zero attached hydrogens (tertiary/aromatic N) is 3. The van der Waals surface area contributed by atoms with Gasteiger partial charge in [-0.25, -0.2) is 22.3 Å². The molecule has 0 saturated carbocycles. The Kier molecular flexibility index (Phi) is 11.5. The second-order valence-corrected chi connectivity index (χ2v) is 13.5. The number of carbonyl (C=O) groups excluding carboxylic acids is 2. The van der Waals surface area contributed by atoms with Gasteiger partial charge in [0.25, 0.3) is 10.0 Å². The molecule has 2 aromatic rings. The van der Waals surface area contributed by atoms with Gasteiger partial charge in [-0.15, -0.1) is 0 Å². The predicted molar refractivity (Wildman–Crippen MR) is 167 cm³/mol. The minimum atomic E-state index is -4.09. The summed E-state index contributed by atoms with van der Waals surface area (Å²) in [5.41, 5.74) is 0.441. The number of carbonyl (C=O) groups is 4. The monoisotopic (exact) mass is 659 g/mol. The van der Waals surface area contributed by atoms with Crippen LogP contribution < -0.4 is 0 Å². The van der Waals surface area contributed by atoms with Crippen molar-refractivity contribution in [1.29, 1.82) is 0 Å². The van der Waals surface area contributed by atoms with Gasteiger partial charge in [-0.3, -0.25) is 9.59 Å². The number of amides is 2. The summed E-state index contributed by atoms with van der Waals surface area (Å²) in [5.74, 6) is -4.50. The van der Waals surface area contributed by atoms with E-state index in [1.54, 1.807) is 29.2 Å². The number of likely N-dealkylation sites (tertiary alicyclic amines) is 1. The van der Waals surface area contributed by atoms with E-state index in [4.69, 9.17) is 20.4 Å². The quantitative estimate of drug-likeness (QED) is 0.276. The summed E-state index contributed by atoms with van der Waals surface area (Å²) >= 11 is 0. The Morgan fingerprint density at radius 1 is 0.935 bits per heavy atom. The minimum absolute atomic E-state index is 0.00196. The van der Waals surface area contributed by atoms with Crippen LogP contribution in [0, 0.1) is 5.92 Å². The van der Waals surface area contributed by atoms with Crippen molar-refractivity contribution < 1.29 is 48.0 Å². The zero-order valence-corrected chi connectivity index (χ0v) is 26.5. The van der Waals surface area contributed by atoms with E-state index in [2.05, 4.69) is 4.90 Å². The van der Waals surface area contributed by atoms with E-state index in [-0.39, 0.29) is 10.8 Å². The summed E-state index contributed by atoms with van der Waals surface area (Å²) in [6, 6.07) is 12.0. The average Bonchev–Trinajstić information content (AvgIpc) is 3.58. The Morgan fingerprint density at radius 2 is 1.57 bits per heavy atom. The fraction of sp³-hybridized carbons (Fsp3) is 0.500. The molecule has 0 bridgehead atoms. The van der Waals surface area contributed by atoms with Crippen molar-refractivity contribution in [3.05, 3.63) is 54.2 Å². The Labute approximate surface area is 267 Å². The van der Waals surface area contributed by atoms with E-state index in [0.717, 1.165) is 47.6 Å². The van der Waals surface area contributed by atoms with Crippen molar-refractivity contribution in [2.24, 2.45) is 5.92 Å². The molecule has 4 atom stereocenters. The highest BCUT2D eigenvalue weighted by molar-refractivity contribution is 7.89. The highest BCUT2D eigenvalue weighted by Crippen LogP contribution is 2.42. The molecule has 3 aliphatic rings. The van der Waals surface area contributed by atoms with E-state index in [9.17, 15) is 27.6 Å². The zero-order chi connectivity index (χ0) is 33.6. The Hall–Kier alpha value is -3.85. The zero-order valence-electron chi connectivity index (χ0n) is 25.7. The molecule has 13 nitrogen and oxygen atoms in total. The lowest BCUT2D eigenvalue weighted by molar-refractivity contribution is -0.165. The molecule has 2 saturated heterocycles. The first-order chi connectivity index (χ1) is 21.9. The van der Waals surface area contributed by atoms with Crippen LogP contribution in [0.5, 0.6) is 0 Å². The number of piperidine rings is 1. The van der Waals surface area contributed by atoms with Gasteiger partial charge in [0.2, 0.25) is 11.8 Å². The van der Waals surface area contributed by atoms with Crippen molar-refractivity contribution in [3.8, 4) is 0 Å². The van der Waals surface area contributed by atoms with Crippen LogP contribution in [0.25, 0.3) is 10.8 Å². The Bertz CT molecular complexity index is 1570. The van der Waals surface area contributed by atoms with Gasteiger partial charge in [0.15, 0.2) is 12.2 Å². The average molecular weight is 660 g/mol. The second kappa shape index (κ2) is 15.2. The van der Waals surface area contributed by atoms with Crippen LogP contribution in [0.2, 0.25) is 0 Å². The third-order valence-electron chi connectivity index (χ3n) is 8.57. The topological polar surface area (TPSA) is 193 Å². The summed E-state index contributed by atoms with van der Waals surface area (Å²) in [7, 11) is -4.09. The van der Waals surface area contributed by atoms with E-state index in [0.29, 0.717) is 25.1 Å². The van der Waals surface area contributed by atoms with Crippen molar-refractivity contribution in [1.82, 2.24) is 14.1 Å². The molecule has 2 aromatic carbocycles. The Balaban J connectivity index is 0.000000416. The summed E-state index contributed by atoms with van der Waals surface area (Å²) in [4.78, 5) is 50.6. The van der Waals surface area contributed by atoms with Gasteiger partial charge < -0.3 is 30.2 Å². The first-order valence-electron chi connectivity index (χ1n) is 15.5. The SMILES string of the molecule is CCC[C@H]1C(=O)N(S(=O)(=O)c2ccc3ccccc3c2)C2=CCN(C(=O)CCCN3CCCCC3)[C@@H]21.O=C(O)C(O)C(O)C(=O)O. The van der Waals surface area contributed by atoms with E-state index >= 15 is 0 Å². The van der Waals surface area contributed by atoms with Crippen LogP contribution in [0.1, 0.15) is 51.9 Å². The summed E-state index contributed by atoms with van der Waals surface area (Å²) < 4.78 is 28.5. The molecule has 14 heteroatoms. The molecule has 0 spiro atoms. The molecular formula is C32H41N3O10S. The van der Waals surface area contributed by atoms with Gasteiger partial charge >= 0.3 is 11.9 Å². The smallest absolute Gasteiger partial charge is 0.335 e. The van der Waals surface area contributed by atoms with Gasteiger partial charge in [-0.2, -0.15) is 0 Å². The first kappa shape index (κ1) is 35.0. The number of rotatable bonds is 11. The number of aliphatic hydroxyl groups is 2. The molecule has 2 fully saturated rings. The molecule has 3 heterocycles. The van der Waals surface area contributed by atoms with Crippen LogP contribution in [-0.2, 0) is 29.2 Å². The lowest BCUT2D eigenvalue weighted by Crippen LogP contribution is -2.41. The largest absolute Gasteiger partial charge is 0.479 e. The number of aliphatic hydroxyl groups excluding tert-OH is 2. The number of sulfonamides is 1. The van der Waals surface area contributed by atoms with Crippen LogP contribution >= 0.6 is 0 Å². The van der Waals surface area contributed by atoms with E-state index < -0.39 is 52.0 Å². The van der Waals surface area contributed by atoms with Crippen LogP contribution in [0.4, 0.5) is 0 Å². The van der Waals surface area contributed by atoms with Crippen molar-refractivity contribution in [2.75, 3.05) is 26.2 Å². The number of fused-ring (bicyclic) bond motifs is 2. The summed E-state index contributed by atoms with van der Waals surface area (Å²) in [5, 5.41) is 34.3. The molecule has 0 aromatic heterocycles. The minimum Gasteiger partial charge on any atom is -0.479 e. The fourth-order valence-corrected chi connectivity index (χ4v) is 7.77. The fourth-order valence-electron chi connectivity index (χ4n) is 6.22. The van der Waals surface area contributed by atoms with Gasteiger partial charge in [0.1, 0.15) is 0 Å². The number of hydrogen-bond donors (Lipinski definition) is 4. The molecule has 4 N–H and O–H groups in total.